The summed E-state index contributed by atoms with van der Waals surface area (Å²) in [5, 5.41) is 14.3. The van der Waals surface area contributed by atoms with E-state index in [1.165, 1.54) is 6.07 Å². The first-order valence-electron chi connectivity index (χ1n) is 7.01. The Kier molecular flexibility index (Phi) is 7.25. The minimum atomic E-state index is -0.976. The normalized spacial score (nSPS) is 10.2. The molecule has 6 heteroatoms. The number of hydrogen-bond donors (Lipinski definition) is 3. The van der Waals surface area contributed by atoms with Gasteiger partial charge in [-0.05, 0) is 43.5 Å². The molecular formula is C15H22N2O4. The van der Waals surface area contributed by atoms with Crippen LogP contribution in [0.15, 0.2) is 18.2 Å². The molecule has 1 rings (SSSR count). The van der Waals surface area contributed by atoms with Gasteiger partial charge >= 0.3 is 12.0 Å². The molecule has 0 aliphatic carbocycles. The summed E-state index contributed by atoms with van der Waals surface area (Å²) in [5.41, 5.74) is 1.40. The number of amides is 2. The summed E-state index contributed by atoms with van der Waals surface area (Å²) in [4.78, 5) is 22.5. The van der Waals surface area contributed by atoms with E-state index in [0.717, 1.165) is 19.4 Å². The number of carbonyl (C=O) groups is 2. The number of carboxylic acids is 1. The number of ether oxygens (including phenoxy) is 1. The number of hydrogen-bond acceptors (Lipinski definition) is 3. The molecule has 0 aliphatic rings. The number of benzene rings is 1. The van der Waals surface area contributed by atoms with Crippen LogP contribution in [0.4, 0.5) is 10.5 Å². The van der Waals surface area contributed by atoms with E-state index in [9.17, 15) is 9.59 Å². The van der Waals surface area contributed by atoms with Crippen LogP contribution in [0.25, 0.3) is 0 Å². The third kappa shape index (κ3) is 6.27. The van der Waals surface area contributed by atoms with Crippen molar-refractivity contribution in [3.8, 4) is 0 Å². The molecule has 0 spiro atoms. The molecule has 1 aromatic carbocycles. The maximum Gasteiger partial charge on any atom is 0.335 e. The number of nitrogens with one attached hydrogen (secondary N) is 2. The Morgan fingerprint density at radius 2 is 2.05 bits per heavy atom. The second-order valence-electron chi connectivity index (χ2n) is 4.68. The largest absolute Gasteiger partial charge is 0.478 e. The van der Waals surface area contributed by atoms with Crippen LogP contribution >= 0.6 is 0 Å². The van der Waals surface area contributed by atoms with Gasteiger partial charge in [-0.25, -0.2) is 9.59 Å². The van der Waals surface area contributed by atoms with Gasteiger partial charge in [0, 0.05) is 25.4 Å². The molecule has 0 heterocycles. The Balaban J connectivity index is 2.34. The highest BCUT2D eigenvalue weighted by atomic mass is 16.5. The van der Waals surface area contributed by atoms with E-state index in [2.05, 4.69) is 10.6 Å². The van der Waals surface area contributed by atoms with Gasteiger partial charge in [0.05, 0.1) is 5.56 Å². The second kappa shape index (κ2) is 8.97. The molecule has 116 valence electrons. The number of rotatable bonds is 8. The molecule has 0 unspecified atom stereocenters. The molecular weight excluding hydrogens is 272 g/mol. The smallest absolute Gasteiger partial charge is 0.335 e. The summed E-state index contributed by atoms with van der Waals surface area (Å²) in [7, 11) is 0. The van der Waals surface area contributed by atoms with Crippen molar-refractivity contribution in [1.82, 2.24) is 5.32 Å². The van der Waals surface area contributed by atoms with Crippen LogP contribution < -0.4 is 10.6 Å². The molecule has 0 saturated carbocycles. The SMILES string of the molecule is CCCOCCCNC(=O)Nc1ccc(C(=O)O)c(C)c1. The van der Waals surface area contributed by atoms with Gasteiger partial charge in [0.15, 0.2) is 0 Å². The van der Waals surface area contributed by atoms with Gasteiger partial charge in [-0.3, -0.25) is 0 Å². The Bertz CT molecular complexity index is 489. The maximum atomic E-state index is 11.7. The molecule has 0 fully saturated rings. The van der Waals surface area contributed by atoms with Gasteiger partial charge in [0.2, 0.25) is 0 Å². The molecule has 1 aromatic rings. The van der Waals surface area contributed by atoms with Crippen molar-refractivity contribution in [3.63, 3.8) is 0 Å². The van der Waals surface area contributed by atoms with Crippen LogP contribution in [-0.2, 0) is 4.74 Å². The van der Waals surface area contributed by atoms with Crippen molar-refractivity contribution in [2.45, 2.75) is 26.7 Å². The fraction of sp³-hybridized carbons (Fsp3) is 0.467. The molecule has 0 atom stereocenters. The Morgan fingerprint density at radius 3 is 2.67 bits per heavy atom. The Hall–Kier alpha value is -2.08. The zero-order valence-corrected chi connectivity index (χ0v) is 12.4. The van der Waals surface area contributed by atoms with Gasteiger partial charge in [-0.2, -0.15) is 0 Å². The van der Waals surface area contributed by atoms with E-state index in [-0.39, 0.29) is 11.6 Å². The lowest BCUT2D eigenvalue weighted by molar-refractivity contribution is 0.0696. The summed E-state index contributed by atoms with van der Waals surface area (Å²) in [6.45, 7) is 5.63. The predicted molar refractivity (Wildman–Crippen MR) is 80.9 cm³/mol. The van der Waals surface area contributed by atoms with Crippen molar-refractivity contribution in [2.75, 3.05) is 25.1 Å². The van der Waals surface area contributed by atoms with E-state index >= 15 is 0 Å². The Labute approximate surface area is 124 Å². The topological polar surface area (TPSA) is 87.7 Å². The monoisotopic (exact) mass is 294 g/mol. The predicted octanol–water partition coefficient (Wildman–Crippen LogP) is 2.63. The van der Waals surface area contributed by atoms with Crippen LogP contribution in [0.1, 0.15) is 35.7 Å². The van der Waals surface area contributed by atoms with Gasteiger partial charge in [0.25, 0.3) is 0 Å². The molecule has 0 radical (unpaired) electrons. The summed E-state index contributed by atoms with van der Waals surface area (Å²) in [6, 6.07) is 4.37. The molecule has 0 aliphatic heterocycles. The lowest BCUT2D eigenvalue weighted by Crippen LogP contribution is -2.30. The fourth-order valence-electron chi connectivity index (χ4n) is 1.78. The fourth-order valence-corrected chi connectivity index (χ4v) is 1.78. The van der Waals surface area contributed by atoms with Crippen LogP contribution in [0, 0.1) is 6.92 Å². The van der Waals surface area contributed by atoms with Crippen LogP contribution in [0.3, 0.4) is 0 Å². The lowest BCUT2D eigenvalue weighted by Gasteiger charge is -2.09. The molecule has 3 N–H and O–H groups in total. The first-order valence-corrected chi connectivity index (χ1v) is 7.01. The highest BCUT2D eigenvalue weighted by molar-refractivity contribution is 5.92. The third-order valence-electron chi connectivity index (χ3n) is 2.81. The zero-order valence-electron chi connectivity index (χ0n) is 12.4. The minimum absolute atomic E-state index is 0.231. The molecule has 0 bridgehead atoms. The van der Waals surface area contributed by atoms with Crippen LogP contribution in [-0.4, -0.2) is 36.9 Å². The Morgan fingerprint density at radius 1 is 1.29 bits per heavy atom. The summed E-state index contributed by atoms with van der Waals surface area (Å²) in [6.07, 6.45) is 1.74. The first-order chi connectivity index (χ1) is 10.0. The number of aryl methyl sites for hydroxylation is 1. The zero-order chi connectivity index (χ0) is 15.7. The summed E-state index contributed by atoms with van der Waals surface area (Å²) >= 11 is 0. The molecule has 21 heavy (non-hydrogen) atoms. The third-order valence-corrected chi connectivity index (χ3v) is 2.81. The van der Waals surface area contributed by atoms with Crippen molar-refractivity contribution < 1.29 is 19.4 Å². The average Bonchev–Trinajstić information content (AvgIpc) is 2.42. The molecule has 0 aromatic heterocycles. The molecule has 6 nitrogen and oxygen atoms in total. The minimum Gasteiger partial charge on any atom is -0.478 e. The average molecular weight is 294 g/mol. The molecule has 0 saturated heterocycles. The number of aromatic carboxylic acids is 1. The maximum absolute atomic E-state index is 11.7. The van der Waals surface area contributed by atoms with E-state index in [4.69, 9.17) is 9.84 Å². The summed E-state index contributed by atoms with van der Waals surface area (Å²) < 4.78 is 5.31. The van der Waals surface area contributed by atoms with Gasteiger partial charge in [-0.1, -0.05) is 6.92 Å². The highest BCUT2D eigenvalue weighted by Crippen LogP contribution is 2.15. The van der Waals surface area contributed by atoms with Crippen molar-refractivity contribution in [2.24, 2.45) is 0 Å². The van der Waals surface area contributed by atoms with Crippen LogP contribution in [0.2, 0.25) is 0 Å². The van der Waals surface area contributed by atoms with Gasteiger partial charge in [0.1, 0.15) is 0 Å². The molecule has 2 amide bonds. The van der Waals surface area contributed by atoms with Crippen molar-refractivity contribution in [1.29, 1.82) is 0 Å². The number of carboxylic acid groups (broad SMARTS) is 1. The lowest BCUT2D eigenvalue weighted by atomic mass is 10.1. The van der Waals surface area contributed by atoms with E-state index < -0.39 is 5.97 Å². The van der Waals surface area contributed by atoms with Crippen molar-refractivity contribution >= 4 is 17.7 Å². The highest BCUT2D eigenvalue weighted by Gasteiger charge is 2.08. The number of carbonyl (C=O) groups excluding carboxylic acids is 1. The van der Waals surface area contributed by atoms with Gasteiger partial charge < -0.3 is 20.5 Å². The van der Waals surface area contributed by atoms with Gasteiger partial charge in [-0.15, -0.1) is 0 Å². The summed E-state index contributed by atoms with van der Waals surface area (Å²) in [5.74, 6) is -0.976. The first kappa shape index (κ1) is 17.0. The van der Waals surface area contributed by atoms with E-state index in [0.29, 0.717) is 24.4 Å². The van der Waals surface area contributed by atoms with Crippen LogP contribution in [0.5, 0.6) is 0 Å². The van der Waals surface area contributed by atoms with E-state index in [1.807, 2.05) is 6.92 Å². The number of urea groups is 1. The quantitative estimate of drug-likeness (QED) is 0.643. The second-order valence-corrected chi connectivity index (χ2v) is 4.68. The standard InChI is InChI=1S/C15H22N2O4/c1-3-8-21-9-4-7-16-15(20)17-12-5-6-13(14(18)19)11(2)10-12/h5-6,10H,3-4,7-9H2,1-2H3,(H,18,19)(H2,16,17,20). The number of anilines is 1. The van der Waals surface area contributed by atoms with Crippen molar-refractivity contribution in [3.05, 3.63) is 29.3 Å². The van der Waals surface area contributed by atoms with E-state index in [1.54, 1.807) is 19.1 Å².